The standard InChI is InChI=1S/C18H20BrN/c1-12(2)13-6-3-4-9-17(13)20-18-11-10-14-15(18)7-5-8-16(14)19/h3-9,12,18,20H,10-11H2,1-2H3. The summed E-state index contributed by atoms with van der Waals surface area (Å²) in [6.07, 6.45) is 2.32. The molecule has 1 aliphatic carbocycles. The molecular weight excluding hydrogens is 310 g/mol. The average Bonchev–Trinajstić information content (AvgIpc) is 2.84. The molecular formula is C18H20BrN. The molecule has 0 saturated heterocycles. The Hall–Kier alpha value is -1.28. The molecule has 0 spiro atoms. The molecule has 1 atom stereocenters. The van der Waals surface area contributed by atoms with Crippen LogP contribution in [-0.2, 0) is 6.42 Å². The lowest BCUT2D eigenvalue weighted by molar-refractivity contribution is 0.755. The molecule has 1 N–H and O–H groups in total. The van der Waals surface area contributed by atoms with E-state index in [4.69, 9.17) is 0 Å². The molecule has 0 aliphatic heterocycles. The highest BCUT2D eigenvalue weighted by atomic mass is 79.9. The second-order valence-electron chi connectivity index (χ2n) is 5.79. The summed E-state index contributed by atoms with van der Waals surface area (Å²) in [6.45, 7) is 4.50. The fourth-order valence-corrected chi connectivity index (χ4v) is 3.66. The van der Waals surface area contributed by atoms with E-state index in [0.717, 1.165) is 6.42 Å². The van der Waals surface area contributed by atoms with Crippen molar-refractivity contribution < 1.29 is 0 Å². The van der Waals surface area contributed by atoms with Crippen LogP contribution in [0.25, 0.3) is 0 Å². The van der Waals surface area contributed by atoms with Crippen LogP contribution in [0.15, 0.2) is 46.9 Å². The molecule has 1 nitrogen and oxygen atoms in total. The van der Waals surface area contributed by atoms with E-state index in [2.05, 4.69) is 77.6 Å². The highest BCUT2D eigenvalue weighted by Crippen LogP contribution is 2.38. The molecule has 0 heterocycles. The van der Waals surface area contributed by atoms with Gasteiger partial charge in [0.05, 0.1) is 6.04 Å². The lowest BCUT2D eigenvalue weighted by atomic mass is 10.00. The molecule has 0 saturated carbocycles. The largest absolute Gasteiger partial charge is 0.378 e. The third-order valence-corrected chi connectivity index (χ3v) is 4.87. The van der Waals surface area contributed by atoms with Gasteiger partial charge in [0.15, 0.2) is 0 Å². The first kappa shape index (κ1) is 13.7. The van der Waals surface area contributed by atoms with Crippen LogP contribution in [-0.4, -0.2) is 0 Å². The zero-order chi connectivity index (χ0) is 14.1. The van der Waals surface area contributed by atoms with Crippen molar-refractivity contribution in [1.82, 2.24) is 0 Å². The quantitative estimate of drug-likeness (QED) is 0.764. The predicted octanol–water partition coefficient (Wildman–Crippen LogP) is 5.67. The van der Waals surface area contributed by atoms with Crippen molar-refractivity contribution >= 4 is 21.6 Å². The summed E-state index contributed by atoms with van der Waals surface area (Å²) < 4.78 is 1.25. The Bertz CT molecular complexity index is 619. The third-order valence-electron chi connectivity index (χ3n) is 4.13. The summed E-state index contributed by atoms with van der Waals surface area (Å²) in [4.78, 5) is 0. The molecule has 1 aliphatic rings. The van der Waals surface area contributed by atoms with Gasteiger partial charge in [0, 0.05) is 10.2 Å². The topological polar surface area (TPSA) is 12.0 Å². The van der Waals surface area contributed by atoms with Crippen LogP contribution in [0.3, 0.4) is 0 Å². The van der Waals surface area contributed by atoms with Gasteiger partial charge in [-0.3, -0.25) is 0 Å². The second-order valence-corrected chi connectivity index (χ2v) is 6.64. The van der Waals surface area contributed by atoms with Gasteiger partial charge in [-0.25, -0.2) is 0 Å². The van der Waals surface area contributed by atoms with E-state index in [0.29, 0.717) is 12.0 Å². The van der Waals surface area contributed by atoms with Crippen LogP contribution in [0.4, 0.5) is 5.69 Å². The maximum atomic E-state index is 3.75. The first-order valence-corrected chi connectivity index (χ1v) is 8.09. The SMILES string of the molecule is CC(C)c1ccccc1NC1CCc2c(Br)cccc21. The summed E-state index contributed by atoms with van der Waals surface area (Å²) >= 11 is 3.67. The summed E-state index contributed by atoms with van der Waals surface area (Å²) in [5.41, 5.74) is 5.58. The molecule has 20 heavy (non-hydrogen) atoms. The first-order chi connectivity index (χ1) is 9.66. The normalized spacial score (nSPS) is 17.3. The minimum Gasteiger partial charge on any atom is -0.378 e. The zero-order valence-corrected chi connectivity index (χ0v) is 13.6. The molecule has 2 heteroatoms. The highest BCUT2D eigenvalue weighted by Gasteiger charge is 2.24. The van der Waals surface area contributed by atoms with Crippen molar-refractivity contribution in [3.05, 3.63) is 63.6 Å². The molecule has 2 aromatic rings. The Labute approximate surface area is 129 Å². The van der Waals surface area contributed by atoms with E-state index in [-0.39, 0.29) is 0 Å². The smallest absolute Gasteiger partial charge is 0.0520 e. The van der Waals surface area contributed by atoms with Gasteiger partial charge >= 0.3 is 0 Å². The highest BCUT2D eigenvalue weighted by molar-refractivity contribution is 9.10. The maximum absolute atomic E-state index is 3.75. The van der Waals surface area contributed by atoms with Crippen LogP contribution in [0.2, 0.25) is 0 Å². The van der Waals surface area contributed by atoms with Crippen LogP contribution in [0.1, 0.15) is 48.9 Å². The molecule has 0 fully saturated rings. The molecule has 0 bridgehead atoms. The summed E-state index contributed by atoms with van der Waals surface area (Å²) in [6, 6.07) is 15.6. The number of rotatable bonds is 3. The Morgan fingerprint density at radius 3 is 2.70 bits per heavy atom. The average molecular weight is 330 g/mol. The Balaban J connectivity index is 1.90. The van der Waals surface area contributed by atoms with Crippen molar-refractivity contribution in [3.8, 4) is 0 Å². The summed E-state index contributed by atoms with van der Waals surface area (Å²) in [5, 5.41) is 3.75. The van der Waals surface area contributed by atoms with E-state index in [9.17, 15) is 0 Å². The van der Waals surface area contributed by atoms with Crippen LogP contribution < -0.4 is 5.32 Å². The first-order valence-electron chi connectivity index (χ1n) is 7.29. The van der Waals surface area contributed by atoms with Gasteiger partial charge in [-0.05, 0) is 47.6 Å². The van der Waals surface area contributed by atoms with E-state index in [1.165, 1.54) is 33.3 Å². The lowest BCUT2D eigenvalue weighted by Crippen LogP contribution is -2.09. The number of nitrogens with one attached hydrogen (secondary N) is 1. The predicted molar refractivity (Wildman–Crippen MR) is 89.4 cm³/mol. The summed E-state index contributed by atoms with van der Waals surface area (Å²) in [5.74, 6) is 0.544. The molecule has 0 radical (unpaired) electrons. The Morgan fingerprint density at radius 2 is 1.90 bits per heavy atom. The van der Waals surface area contributed by atoms with Crippen LogP contribution in [0.5, 0.6) is 0 Å². The number of hydrogen-bond donors (Lipinski definition) is 1. The molecule has 104 valence electrons. The van der Waals surface area contributed by atoms with Crippen molar-refractivity contribution in [3.63, 3.8) is 0 Å². The number of benzene rings is 2. The minimum atomic E-state index is 0.433. The minimum absolute atomic E-state index is 0.433. The zero-order valence-electron chi connectivity index (χ0n) is 12.0. The van der Waals surface area contributed by atoms with Crippen molar-refractivity contribution in [2.45, 2.75) is 38.6 Å². The monoisotopic (exact) mass is 329 g/mol. The Kier molecular flexibility index (Phi) is 3.84. The number of fused-ring (bicyclic) bond motifs is 1. The maximum Gasteiger partial charge on any atom is 0.0520 e. The third kappa shape index (κ3) is 2.49. The van der Waals surface area contributed by atoms with Gasteiger partial charge in [0.2, 0.25) is 0 Å². The van der Waals surface area contributed by atoms with E-state index < -0.39 is 0 Å². The molecule has 0 aromatic heterocycles. The number of halogens is 1. The van der Waals surface area contributed by atoms with E-state index in [1.807, 2.05) is 0 Å². The summed E-state index contributed by atoms with van der Waals surface area (Å²) in [7, 11) is 0. The number of anilines is 1. The molecule has 0 amide bonds. The van der Waals surface area contributed by atoms with Crippen molar-refractivity contribution in [1.29, 1.82) is 0 Å². The lowest BCUT2D eigenvalue weighted by Gasteiger charge is -2.20. The van der Waals surface area contributed by atoms with Gasteiger partial charge in [-0.2, -0.15) is 0 Å². The van der Waals surface area contributed by atoms with Gasteiger partial charge < -0.3 is 5.32 Å². The Morgan fingerprint density at radius 1 is 1.10 bits per heavy atom. The van der Waals surface area contributed by atoms with Gasteiger partial charge in [-0.1, -0.05) is 60.1 Å². The fraction of sp³-hybridized carbons (Fsp3) is 0.333. The molecule has 2 aromatic carbocycles. The van der Waals surface area contributed by atoms with Crippen LogP contribution >= 0.6 is 15.9 Å². The van der Waals surface area contributed by atoms with E-state index >= 15 is 0 Å². The number of para-hydroxylation sites is 1. The van der Waals surface area contributed by atoms with Gasteiger partial charge in [0.1, 0.15) is 0 Å². The van der Waals surface area contributed by atoms with Crippen LogP contribution in [0, 0.1) is 0 Å². The molecule has 3 rings (SSSR count). The number of hydrogen-bond acceptors (Lipinski definition) is 1. The van der Waals surface area contributed by atoms with Gasteiger partial charge in [0.25, 0.3) is 0 Å². The molecule has 1 unspecified atom stereocenters. The second kappa shape index (κ2) is 5.61. The van der Waals surface area contributed by atoms with Crippen molar-refractivity contribution in [2.24, 2.45) is 0 Å². The van der Waals surface area contributed by atoms with Crippen molar-refractivity contribution in [2.75, 3.05) is 5.32 Å². The van der Waals surface area contributed by atoms with Gasteiger partial charge in [-0.15, -0.1) is 0 Å². The van der Waals surface area contributed by atoms with E-state index in [1.54, 1.807) is 0 Å². The fourth-order valence-electron chi connectivity index (χ4n) is 3.08.